The summed E-state index contributed by atoms with van der Waals surface area (Å²) in [5.74, 6) is 0.396. The van der Waals surface area contributed by atoms with Crippen LogP contribution in [0.4, 0.5) is 0 Å². The molecule has 20 heavy (non-hydrogen) atoms. The zero-order valence-electron chi connectivity index (χ0n) is 11.4. The van der Waals surface area contributed by atoms with E-state index >= 15 is 0 Å². The Balaban J connectivity index is 1.94. The molecule has 0 aliphatic rings. The van der Waals surface area contributed by atoms with E-state index < -0.39 is 15.9 Å². The molecule has 7 heteroatoms. The van der Waals surface area contributed by atoms with E-state index in [1.54, 1.807) is 0 Å². The molecule has 0 saturated carbocycles. The summed E-state index contributed by atoms with van der Waals surface area (Å²) in [5, 5.41) is 0. The molecule has 0 spiro atoms. The van der Waals surface area contributed by atoms with Crippen LogP contribution >= 0.6 is 0 Å². The normalized spacial score (nSPS) is 11.5. The third-order valence-electron chi connectivity index (χ3n) is 2.38. The number of rotatable bonds is 10. The van der Waals surface area contributed by atoms with E-state index in [1.807, 2.05) is 31.2 Å². The highest BCUT2D eigenvalue weighted by Gasteiger charge is 2.03. The third-order valence-corrected chi connectivity index (χ3v) is 3.06. The summed E-state index contributed by atoms with van der Waals surface area (Å²) in [6, 6.07) is 7.74. The van der Waals surface area contributed by atoms with Gasteiger partial charge in [0.1, 0.15) is 12.4 Å². The molecule has 0 atom stereocenters. The van der Waals surface area contributed by atoms with Crippen molar-refractivity contribution in [1.82, 2.24) is 0 Å². The highest BCUT2D eigenvalue weighted by molar-refractivity contribution is 7.85. The molecule has 0 unspecified atom stereocenters. The number of aryl methyl sites for hydroxylation is 1. The summed E-state index contributed by atoms with van der Waals surface area (Å²) in [7, 11) is -3.95. The highest BCUT2D eigenvalue weighted by atomic mass is 32.2. The van der Waals surface area contributed by atoms with Crippen LogP contribution in [-0.2, 0) is 19.6 Å². The molecule has 0 saturated heterocycles. The molecule has 1 aromatic carbocycles. The number of hydrogen-bond donors (Lipinski definition) is 1. The van der Waals surface area contributed by atoms with Crippen LogP contribution in [-0.4, -0.2) is 51.8 Å². The maximum Gasteiger partial charge on any atom is 0.267 e. The van der Waals surface area contributed by atoms with E-state index in [-0.39, 0.29) is 13.2 Å². The van der Waals surface area contributed by atoms with Gasteiger partial charge >= 0.3 is 0 Å². The monoisotopic (exact) mass is 304 g/mol. The Kier molecular flexibility index (Phi) is 7.53. The Labute approximate surface area is 119 Å². The Morgan fingerprint density at radius 1 is 0.950 bits per heavy atom. The van der Waals surface area contributed by atoms with Crippen molar-refractivity contribution in [3.63, 3.8) is 0 Å². The zero-order valence-corrected chi connectivity index (χ0v) is 12.3. The molecule has 1 N–H and O–H groups in total. The van der Waals surface area contributed by atoms with Gasteiger partial charge in [-0.3, -0.25) is 4.55 Å². The van der Waals surface area contributed by atoms with Crippen LogP contribution in [0.3, 0.4) is 0 Å². The molecule has 1 rings (SSSR count). The van der Waals surface area contributed by atoms with Gasteiger partial charge < -0.3 is 14.2 Å². The summed E-state index contributed by atoms with van der Waals surface area (Å²) in [6.07, 6.45) is 0. The van der Waals surface area contributed by atoms with E-state index in [2.05, 4.69) is 0 Å². The number of hydrogen-bond acceptors (Lipinski definition) is 5. The largest absolute Gasteiger partial charge is 0.491 e. The van der Waals surface area contributed by atoms with Crippen LogP contribution in [0.2, 0.25) is 0 Å². The lowest BCUT2D eigenvalue weighted by Gasteiger charge is -2.07. The van der Waals surface area contributed by atoms with Crippen LogP contribution < -0.4 is 4.74 Å². The van der Waals surface area contributed by atoms with Crippen LogP contribution in [0, 0.1) is 6.92 Å². The van der Waals surface area contributed by atoms with Gasteiger partial charge in [0, 0.05) is 0 Å². The fourth-order valence-corrected chi connectivity index (χ4v) is 1.67. The average Bonchev–Trinajstić information content (AvgIpc) is 2.37. The molecule has 0 amide bonds. The van der Waals surface area contributed by atoms with Crippen LogP contribution in [0.15, 0.2) is 24.3 Å². The van der Waals surface area contributed by atoms with Gasteiger partial charge in [-0.25, -0.2) is 0 Å². The molecule has 114 valence electrons. The lowest BCUT2D eigenvalue weighted by Crippen LogP contribution is -2.14. The average molecular weight is 304 g/mol. The van der Waals surface area contributed by atoms with Crippen LogP contribution in [0.25, 0.3) is 0 Å². The predicted molar refractivity (Wildman–Crippen MR) is 74.7 cm³/mol. The summed E-state index contributed by atoms with van der Waals surface area (Å²) < 4.78 is 44.9. The first kappa shape index (κ1) is 16.9. The molecule has 0 radical (unpaired) electrons. The summed E-state index contributed by atoms with van der Waals surface area (Å²) in [6.45, 7) is 3.46. The smallest absolute Gasteiger partial charge is 0.267 e. The van der Waals surface area contributed by atoms with Crippen molar-refractivity contribution in [2.24, 2.45) is 0 Å². The maximum absolute atomic E-state index is 10.4. The molecule has 6 nitrogen and oxygen atoms in total. The van der Waals surface area contributed by atoms with Crippen molar-refractivity contribution in [3.8, 4) is 5.75 Å². The topological polar surface area (TPSA) is 82.1 Å². The molecule has 1 aromatic rings. The fraction of sp³-hybridized carbons (Fsp3) is 0.538. The number of ether oxygens (including phenoxy) is 3. The van der Waals surface area contributed by atoms with Gasteiger partial charge in [0.15, 0.2) is 0 Å². The van der Waals surface area contributed by atoms with E-state index in [4.69, 9.17) is 18.8 Å². The van der Waals surface area contributed by atoms with Gasteiger partial charge in [-0.2, -0.15) is 8.42 Å². The van der Waals surface area contributed by atoms with Gasteiger partial charge in [-0.05, 0) is 19.1 Å². The third kappa shape index (κ3) is 8.87. The summed E-state index contributed by atoms with van der Waals surface area (Å²) >= 11 is 0. The Bertz CT molecular complexity index is 468. The van der Waals surface area contributed by atoms with Crippen molar-refractivity contribution in [3.05, 3.63) is 29.8 Å². The Morgan fingerprint density at radius 3 is 2.10 bits per heavy atom. The van der Waals surface area contributed by atoms with Crippen LogP contribution in [0.1, 0.15) is 5.56 Å². The first-order valence-corrected chi connectivity index (χ1v) is 7.88. The minimum Gasteiger partial charge on any atom is -0.491 e. The van der Waals surface area contributed by atoms with Crippen molar-refractivity contribution >= 4 is 10.1 Å². The maximum atomic E-state index is 10.4. The van der Waals surface area contributed by atoms with Crippen molar-refractivity contribution in [1.29, 1.82) is 0 Å². The molecular formula is C13H20O6S. The van der Waals surface area contributed by atoms with E-state index in [1.165, 1.54) is 5.56 Å². The van der Waals surface area contributed by atoms with Crippen molar-refractivity contribution in [2.75, 3.05) is 38.8 Å². The standard InChI is InChI=1S/C13H20O6S/c1-12-2-4-13(5-3-12)19-9-8-17-6-7-18-10-11-20(14,15)16/h2-5H,6-11H2,1H3,(H,14,15,16). The van der Waals surface area contributed by atoms with Crippen LogP contribution in [0.5, 0.6) is 5.75 Å². The van der Waals surface area contributed by atoms with E-state index in [0.29, 0.717) is 19.8 Å². The van der Waals surface area contributed by atoms with Crippen molar-refractivity contribution in [2.45, 2.75) is 6.92 Å². The second-order valence-corrected chi connectivity index (χ2v) is 5.74. The SMILES string of the molecule is Cc1ccc(OCCOCCOCCS(=O)(=O)O)cc1. The highest BCUT2D eigenvalue weighted by Crippen LogP contribution is 2.10. The molecular weight excluding hydrogens is 284 g/mol. The van der Waals surface area contributed by atoms with Gasteiger partial charge in [-0.15, -0.1) is 0 Å². The summed E-state index contributed by atoms with van der Waals surface area (Å²) in [4.78, 5) is 0. The minimum absolute atomic E-state index is 0.0396. The van der Waals surface area contributed by atoms with Gasteiger partial charge in [-0.1, -0.05) is 17.7 Å². The molecule has 0 heterocycles. The number of benzene rings is 1. The lowest BCUT2D eigenvalue weighted by atomic mass is 10.2. The Hall–Kier alpha value is -1.15. The predicted octanol–water partition coefficient (Wildman–Crippen LogP) is 1.29. The second-order valence-electron chi connectivity index (χ2n) is 4.17. The quantitative estimate of drug-likeness (QED) is 0.518. The van der Waals surface area contributed by atoms with Gasteiger partial charge in [0.05, 0.1) is 32.2 Å². The first-order valence-electron chi connectivity index (χ1n) is 6.27. The molecule has 0 fully saturated rings. The minimum atomic E-state index is -3.95. The van der Waals surface area contributed by atoms with Crippen molar-refractivity contribution < 1.29 is 27.2 Å². The molecule has 0 aliphatic heterocycles. The van der Waals surface area contributed by atoms with E-state index in [0.717, 1.165) is 5.75 Å². The zero-order chi connectivity index (χ0) is 14.8. The second kappa shape index (κ2) is 8.91. The Morgan fingerprint density at radius 2 is 1.50 bits per heavy atom. The van der Waals surface area contributed by atoms with E-state index in [9.17, 15) is 8.42 Å². The molecule has 0 aliphatic carbocycles. The fourth-order valence-electron chi connectivity index (χ4n) is 1.34. The summed E-state index contributed by atoms with van der Waals surface area (Å²) in [5.41, 5.74) is 1.18. The van der Waals surface area contributed by atoms with Gasteiger partial charge in [0.2, 0.25) is 0 Å². The molecule has 0 aromatic heterocycles. The molecule has 0 bridgehead atoms. The lowest BCUT2D eigenvalue weighted by molar-refractivity contribution is 0.0407. The first-order chi connectivity index (χ1) is 9.47. The van der Waals surface area contributed by atoms with Gasteiger partial charge in [0.25, 0.3) is 10.1 Å².